The lowest BCUT2D eigenvalue weighted by Crippen LogP contribution is -2.44. The fourth-order valence-corrected chi connectivity index (χ4v) is 3.77. The van der Waals surface area contributed by atoms with Crippen LogP contribution in [-0.4, -0.2) is 29.9 Å². The number of benzene rings is 2. The molecule has 0 bridgehead atoms. The van der Waals surface area contributed by atoms with Crippen molar-refractivity contribution in [2.75, 3.05) is 13.1 Å². The summed E-state index contributed by atoms with van der Waals surface area (Å²) in [5.41, 5.74) is 1.68. The van der Waals surface area contributed by atoms with Gasteiger partial charge in [-0.25, -0.2) is 0 Å². The Balaban J connectivity index is 1.51. The molecule has 0 unspecified atom stereocenters. The predicted octanol–water partition coefficient (Wildman–Crippen LogP) is 5.04. The molecule has 0 atom stereocenters. The van der Waals surface area contributed by atoms with Crippen LogP contribution in [0.5, 0.6) is 0 Å². The van der Waals surface area contributed by atoms with Crippen molar-refractivity contribution >= 4 is 40.7 Å². The number of nitrogens with zero attached hydrogens (tertiary/aromatic N) is 1. The average Bonchev–Trinajstić information content (AvgIpc) is 2.56. The zero-order valence-electron chi connectivity index (χ0n) is 13.6. The smallest absolute Gasteiger partial charge is 0.253 e. The monoisotopic (exact) mass is 396 g/mol. The Labute approximate surface area is 162 Å². The molecule has 0 aromatic heterocycles. The standard InChI is InChI=1S/C19H19Cl3N2O/c20-14-3-1-2-13(10-14)12-24-8-6-16(7-9-24)23-19(25)17-5-4-15(21)11-18(17)22/h1-5,10-11,16H,6-9,12H2,(H,23,25). The zero-order valence-corrected chi connectivity index (χ0v) is 15.9. The van der Waals surface area contributed by atoms with Gasteiger partial charge in [0.05, 0.1) is 10.6 Å². The van der Waals surface area contributed by atoms with Crippen LogP contribution < -0.4 is 5.32 Å². The lowest BCUT2D eigenvalue weighted by Gasteiger charge is -2.32. The van der Waals surface area contributed by atoms with Crippen LogP contribution in [0.1, 0.15) is 28.8 Å². The highest BCUT2D eigenvalue weighted by atomic mass is 35.5. The van der Waals surface area contributed by atoms with Gasteiger partial charge in [-0.05, 0) is 48.7 Å². The Kier molecular flexibility index (Phi) is 6.24. The number of carbonyl (C=O) groups excluding carboxylic acids is 1. The van der Waals surface area contributed by atoms with E-state index < -0.39 is 0 Å². The number of rotatable bonds is 4. The molecule has 1 N–H and O–H groups in total. The van der Waals surface area contributed by atoms with Crippen molar-refractivity contribution in [1.82, 2.24) is 10.2 Å². The van der Waals surface area contributed by atoms with Crippen LogP contribution in [-0.2, 0) is 6.54 Å². The molecule has 6 heteroatoms. The Morgan fingerprint density at radius 1 is 1.04 bits per heavy atom. The summed E-state index contributed by atoms with van der Waals surface area (Å²) in [6.07, 6.45) is 1.83. The van der Waals surface area contributed by atoms with Crippen molar-refractivity contribution in [3.05, 3.63) is 68.7 Å². The first-order valence-electron chi connectivity index (χ1n) is 8.24. The second kappa shape index (κ2) is 8.41. The third kappa shape index (κ3) is 5.11. The van der Waals surface area contributed by atoms with E-state index in [2.05, 4.69) is 16.3 Å². The summed E-state index contributed by atoms with van der Waals surface area (Å²) >= 11 is 18.0. The fourth-order valence-electron chi connectivity index (χ4n) is 3.07. The predicted molar refractivity (Wildman–Crippen MR) is 104 cm³/mol. The van der Waals surface area contributed by atoms with Gasteiger partial charge in [-0.1, -0.05) is 46.9 Å². The van der Waals surface area contributed by atoms with Crippen LogP contribution in [0.2, 0.25) is 15.1 Å². The van der Waals surface area contributed by atoms with Gasteiger partial charge in [0.15, 0.2) is 0 Å². The Morgan fingerprint density at radius 2 is 1.76 bits per heavy atom. The molecule has 1 aliphatic heterocycles. The van der Waals surface area contributed by atoms with E-state index in [1.165, 1.54) is 5.56 Å². The minimum Gasteiger partial charge on any atom is -0.349 e. The lowest BCUT2D eigenvalue weighted by atomic mass is 10.0. The largest absolute Gasteiger partial charge is 0.349 e. The number of carbonyl (C=O) groups is 1. The van der Waals surface area contributed by atoms with Crippen molar-refractivity contribution in [1.29, 1.82) is 0 Å². The van der Waals surface area contributed by atoms with Gasteiger partial charge >= 0.3 is 0 Å². The maximum absolute atomic E-state index is 12.4. The molecule has 1 heterocycles. The summed E-state index contributed by atoms with van der Waals surface area (Å²) in [5.74, 6) is -0.144. The first kappa shape index (κ1) is 18.5. The molecule has 1 amide bonds. The van der Waals surface area contributed by atoms with E-state index in [1.54, 1.807) is 18.2 Å². The number of amides is 1. The van der Waals surface area contributed by atoms with Gasteiger partial charge in [0, 0.05) is 35.7 Å². The summed E-state index contributed by atoms with van der Waals surface area (Å²) in [6, 6.07) is 13.0. The highest BCUT2D eigenvalue weighted by Gasteiger charge is 2.22. The summed E-state index contributed by atoms with van der Waals surface area (Å²) < 4.78 is 0. The van der Waals surface area contributed by atoms with Crippen LogP contribution in [0.3, 0.4) is 0 Å². The summed E-state index contributed by atoms with van der Waals surface area (Å²) in [7, 11) is 0. The molecule has 3 nitrogen and oxygen atoms in total. The van der Waals surface area contributed by atoms with Crippen LogP contribution >= 0.6 is 34.8 Å². The second-order valence-electron chi connectivity index (χ2n) is 6.28. The van der Waals surface area contributed by atoms with Crippen molar-refractivity contribution < 1.29 is 4.79 Å². The van der Waals surface area contributed by atoms with E-state index in [1.807, 2.05) is 18.2 Å². The Hall–Kier alpha value is -1.26. The van der Waals surface area contributed by atoms with Crippen LogP contribution in [0.15, 0.2) is 42.5 Å². The van der Waals surface area contributed by atoms with Gasteiger partial charge in [-0.2, -0.15) is 0 Å². The zero-order chi connectivity index (χ0) is 17.8. The quantitative estimate of drug-likeness (QED) is 0.783. The minimum atomic E-state index is -0.144. The molecule has 0 radical (unpaired) electrons. The van der Waals surface area contributed by atoms with Gasteiger partial charge in [0.25, 0.3) is 5.91 Å². The molecular weight excluding hydrogens is 379 g/mol. The third-order valence-corrected chi connectivity index (χ3v) is 5.18. The minimum absolute atomic E-state index is 0.144. The Morgan fingerprint density at radius 3 is 2.44 bits per heavy atom. The van der Waals surface area contributed by atoms with Crippen LogP contribution in [0.25, 0.3) is 0 Å². The van der Waals surface area contributed by atoms with E-state index in [0.717, 1.165) is 37.5 Å². The van der Waals surface area contributed by atoms with E-state index in [-0.39, 0.29) is 11.9 Å². The molecule has 1 fully saturated rings. The normalized spacial score (nSPS) is 16.0. The maximum Gasteiger partial charge on any atom is 0.253 e. The number of halogens is 3. The highest BCUT2D eigenvalue weighted by molar-refractivity contribution is 6.36. The fraction of sp³-hybridized carbons (Fsp3) is 0.316. The molecule has 2 aromatic rings. The molecule has 3 rings (SSSR count). The van der Waals surface area contributed by atoms with Gasteiger partial charge in [-0.3, -0.25) is 9.69 Å². The van der Waals surface area contributed by atoms with Crippen molar-refractivity contribution in [3.8, 4) is 0 Å². The van der Waals surface area contributed by atoms with Crippen LogP contribution in [0.4, 0.5) is 0 Å². The molecule has 1 saturated heterocycles. The highest BCUT2D eigenvalue weighted by Crippen LogP contribution is 2.22. The van der Waals surface area contributed by atoms with Gasteiger partial charge < -0.3 is 5.32 Å². The number of hydrogen-bond donors (Lipinski definition) is 1. The van der Waals surface area contributed by atoms with Crippen molar-refractivity contribution in [2.45, 2.75) is 25.4 Å². The summed E-state index contributed by atoms with van der Waals surface area (Å²) in [6.45, 7) is 2.75. The van der Waals surface area contributed by atoms with E-state index >= 15 is 0 Å². The molecule has 0 saturated carbocycles. The molecule has 25 heavy (non-hydrogen) atoms. The summed E-state index contributed by atoms with van der Waals surface area (Å²) in [5, 5.41) is 4.74. The molecule has 0 aliphatic carbocycles. The first-order valence-corrected chi connectivity index (χ1v) is 9.37. The average molecular weight is 398 g/mol. The Bertz CT molecular complexity index is 758. The number of hydrogen-bond acceptors (Lipinski definition) is 2. The molecule has 132 valence electrons. The van der Waals surface area contributed by atoms with Gasteiger partial charge in [0.2, 0.25) is 0 Å². The third-order valence-electron chi connectivity index (χ3n) is 4.39. The van der Waals surface area contributed by atoms with E-state index in [4.69, 9.17) is 34.8 Å². The van der Waals surface area contributed by atoms with Crippen LogP contribution in [0, 0.1) is 0 Å². The summed E-state index contributed by atoms with van der Waals surface area (Å²) in [4.78, 5) is 14.8. The van der Waals surface area contributed by atoms with Gasteiger partial charge in [0.1, 0.15) is 0 Å². The lowest BCUT2D eigenvalue weighted by molar-refractivity contribution is 0.0909. The molecule has 1 aliphatic rings. The van der Waals surface area contributed by atoms with Crippen molar-refractivity contribution in [2.24, 2.45) is 0 Å². The SMILES string of the molecule is O=C(NC1CCN(Cc2cccc(Cl)c2)CC1)c1ccc(Cl)cc1Cl. The van der Waals surface area contributed by atoms with Gasteiger partial charge in [-0.15, -0.1) is 0 Å². The topological polar surface area (TPSA) is 32.3 Å². The van der Waals surface area contributed by atoms with E-state index in [0.29, 0.717) is 15.6 Å². The maximum atomic E-state index is 12.4. The number of likely N-dealkylation sites (tertiary alicyclic amines) is 1. The first-order chi connectivity index (χ1) is 12.0. The molecule has 2 aromatic carbocycles. The second-order valence-corrected chi connectivity index (χ2v) is 7.56. The number of nitrogens with one attached hydrogen (secondary N) is 1. The molecule has 0 spiro atoms. The molecular formula is C19H19Cl3N2O. The van der Waals surface area contributed by atoms with E-state index in [9.17, 15) is 4.79 Å². The van der Waals surface area contributed by atoms with Crippen molar-refractivity contribution in [3.63, 3.8) is 0 Å². The number of piperidine rings is 1.